The molecule has 1 unspecified atom stereocenters. The number of fused-ring (bicyclic) bond motifs is 1. The molecule has 0 radical (unpaired) electrons. The molecule has 4 nitrogen and oxygen atoms in total. The van der Waals surface area contributed by atoms with Gasteiger partial charge in [-0.3, -0.25) is 5.10 Å². The quantitative estimate of drug-likeness (QED) is 0.764. The summed E-state index contributed by atoms with van der Waals surface area (Å²) in [4.78, 5) is 2.10. The normalized spacial score (nSPS) is 12.3. The van der Waals surface area contributed by atoms with E-state index in [-0.39, 0.29) is 6.04 Å². The van der Waals surface area contributed by atoms with Crippen LogP contribution < -0.4 is 10.2 Å². The van der Waals surface area contributed by atoms with E-state index in [0.29, 0.717) is 0 Å². The number of hydrogen-bond donors (Lipinski definition) is 2. The molecule has 0 fully saturated rings. The predicted octanol–water partition coefficient (Wildman–Crippen LogP) is 3.80. The minimum atomic E-state index is 0.232. The van der Waals surface area contributed by atoms with Crippen molar-refractivity contribution in [3.8, 4) is 0 Å². The highest BCUT2D eigenvalue weighted by atomic mass is 15.1. The second-order valence-corrected chi connectivity index (χ2v) is 5.49. The van der Waals surface area contributed by atoms with Crippen LogP contribution in [0.15, 0.2) is 48.7 Å². The largest absolute Gasteiger partial charge is 0.378 e. The Morgan fingerprint density at radius 3 is 2.57 bits per heavy atom. The van der Waals surface area contributed by atoms with Crippen molar-refractivity contribution in [2.24, 2.45) is 0 Å². The van der Waals surface area contributed by atoms with Crippen LogP contribution in [0.4, 0.5) is 11.4 Å². The third-order valence-electron chi connectivity index (χ3n) is 3.76. The first-order valence-corrected chi connectivity index (χ1v) is 7.11. The van der Waals surface area contributed by atoms with Gasteiger partial charge in [0.05, 0.1) is 17.4 Å². The second-order valence-electron chi connectivity index (χ2n) is 5.49. The summed E-state index contributed by atoms with van der Waals surface area (Å²) < 4.78 is 0. The van der Waals surface area contributed by atoms with Crippen molar-refractivity contribution in [1.29, 1.82) is 0 Å². The maximum atomic E-state index is 4.10. The highest BCUT2D eigenvalue weighted by molar-refractivity contribution is 5.90. The molecule has 0 saturated carbocycles. The molecular formula is C17H20N4. The number of aromatic nitrogens is 2. The predicted molar refractivity (Wildman–Crippen MR) is 88.9 cm³/mol. The monoisotopic (exact) mass is 280 g/mol. The van der Waals surface area contributed by atoms with Gasteiger partial charge in [-0.1, -0.05) is 24.3 Å². The van der Waals surface area contributed by atoms with E-state index in [0.717, 1.165) is 16.6 Å². The Bertz CT molecular complexity index is 728. The van der Waals surface area contributed by atoms with Gasteiger partial charge in [-0.25, -0.2) is 0 Å². The second kappa shape index (κ2) is 5.48. The summed E-state index contributed by atoms with van der Waals surface area (Å²) in [5.74, 6) is 0. The maximum absolute atomic E-state index is 4.10. The van der Waals surface area contributed by atoms with Crippen molar-refractivity contribution < 1.29 is 0 Å². The van der Waals surface area contributed by atoms with Gasteiger partial charge in [-0.15, -0.1) is 0 Å². The van der Waals surface area contributed by atoms with Crippen LogP contribution >= 0.6 is 0 Å². The van der Waals surface area contributed by atoms with Crippen LogP contribution in [0.2, 0.25) is 0 Å². The third-order valence-corrected chi connectivity index (χ3v) is 3.76. The molecule has 0 bridgehead atoms. The van der Waals surface area contributed by atoms with Crippen molar-refractivity contribution >= 4 is 22.3 Å². The first kappa shape index (κ1) is 13.5. The van der Waals surface area contributed by atoms with Gasteiger partial charge in [-0.2, -0.15) is 5.10 Å². The van der Waals surface area contributed by atoms with Gasteiger partial charge in [0.25, 0.3) is 0 Å². The van der Waals surface area contributed by atoms with E-state index in [2.05, 4.69) is 77.8 Å². The van der Waals surface area contributed by atoms with E-state index in [9.17, 15) is 0 Å². The molecular weight excluding hydrogens is 260 g/mol. The summed E-state index contributed by atoms with van der Waals surface area (Å²) >= 11 is 0. The fraction of sp³-hybridized carbons (Fsp3) is 0.235. The molecule has 3 rings (SSSR count). The van der Waals surface area contributed by atoms with Crippen LogP contribution in [-0.4, -0.2) is 24.3 Å². The summed E-state index contributed by atoms with van der Waals surface area (Å²) in [5, 5.41) is 11.8. The van der Waals surface area contributed by atoms with Crippen LogP contribution in [0, 0.1) is 0 Å². The van der Waals surface area contributed by atoms with Gasteiger partial charge in [0.1, 0.15) is 0 Å². The van der Waals surface area contributed by atoms with E-state index < -0.39 is 0 Å². The molecule has 1 heterocycles. The number of anilines is 2. The average molecular weight is 280 g/mol. The topological polar surface area (TPSA) is 44.0 Å². The first-order valence-electron chi connectivity index (χ1n) is 7.11. The van der Waals surface area contributed by atoms with E-state index in [4.69, 9.17) is 0 Å². The lowest BCUT2D eigenvalue weighted by Gasteiger charge is -2.18. The number of H-pyrrole nitrogens is 1. The summed E-state index contributed by atoms with van der Waals surface area (Å²) in [6.45, 7) is 2.17. The standard InChI is InChI=1S/C17H20N4/c1-12(13-7-9-15(10-8-13)21(2)3)19-16-6-4-5-14-11-18-20-17(14)16/h4-12,19H,1-3H3,(H,18,20). The Balaban J connectivity index is 1.82. The molecule has 3 aromatic rings. The van der Waals surface area contributed by atoms with Crippen molar-refractivity contribution in [2.75, 3.05) is 24.3 Å². The van der Waals surface area contributed by atoms with Gasteiger partial charge in [0, 0.05) is 31.2 Å². The van der Waals surface area contributed by atoms with Crippen molar-refractivity contribution in [2.45, 2.75) is 13.0 Å². The number of para-hydroxylation sites is 1. The Labute approximate surface area is 124 Å². The smallest absolute Gasteiger partial charge is 0.0881 e. The van der Waals surface area contributed by atoms with Gasteiger partial charge in [0.2, 0.25) is 0 Å². The zero-order valence-corrected chi connectivity index (χ0v) is 12.6. The molecule has 0 aliphatic heterocycles. The third kappa shape index (κ3) is 2.70. The Morgan fingerprint density at radius 2 is 1.86 bits per heavy atom. The van der Waals surface area contributed by atoms with Gasteiger partial charge >= 0.3 is 0 Å². The molecule has 0 saturated heterocycles. The fourth-order valence-electron chi connectivity index (χ4n) is 2.47. The van der Waals surface area contributed by atoms with E-state index in [1.807, 2.05) is 12.3 Å². The van der Waals surface area contributed by atoms with Crippen molar-refractivity contribution in [1.82, 2.24) is 10.2 Å². The summed E-state index contributed by atoms with van der Waals surface area (Å²) in [7, 11) is 4.10. The zero-order valence-electron chi connectivity index (χ0n) is 12.6. The number of benzene rings is 2. The van der Waals surface area contributed by atoms with Gasteiger partial charge in [0.15, 0.2) is 0 Å². The lowest BCUT2D eigenvalue weighted by molar-refractivity contribution is 0.885. The molecule has 1 atom stereocenters. The number of rotatable bonds is 4. The maximum Gasteiger partial charge on any atom is 0.0881 e. The van der Waals surface area contributed by atoms with Gasteiger partial charge < -0.3 is 10.2 Å². The minimum Gasteiger partial charge on any atom is -0.378 e. The number of aromatic amines is 1. The molecule has 0 aliphatic carbocycles. The molecule has 108 valence electrons. The highest BCUT2D eigenvalue weighted by Gasteiger charge is 2.08. The number of nitrogens with zero attached hydrogens (tertiary/aromatic N) is 2. The van der Waals surface area contributed by atoms with E-state index in [1.165, 1.54) is 11.3 Å². The van der Waals surface area contributed by atoms with Crippen molar-refractivity contribution in [3.63, 3.8) is 0 Å². The lowest BCUT2D eigenvalue weighted by Crippen LogP contribution is -2.10. The molecule has 2 N–H and O–H groups in total. The van der Waals surface area contributed by atoms with E-state index in [1.54, 1.807) is 0 Å². The van der Waals surface area contributed by atoms with Crippen LogP contribution in [0.5, 0.6) is 0 Å². The van der Waals surface area contributed by atoms with Crippen LogP contribution in [0.1, 0.15) is 18.5 Å². The molecule has 1 aromatic heterocycles. The fourth-order valence-corrected chi connectivity index (χ4v) is 2.47. The molecule has 0 amide bonds. The van der Waals surface area contributed by atoms with Crippen LogP contribution in [0.25, 0.3) is 10.9 Å². The summed E-state index contributed by atoms with van der Waals surface area (Å²) in [6.07, 6.45) is 1.84. The lowest BCUT2D eigenvalue weighted by atomic mass is 10.1. The molecule has 0 spiro atoms. The number of hydrogen-bond acceptors (Lipinski definition) is 3. The first-order chi connectivity index (χ1) is 10.1. The molecule has 21 heavy (non-hydrogen) atoms. The Kier molecular flexibility index (Phi) is 3.52. The minimum absolute atomic E-state index is 0.232. The van der Waals surface area contributed by atoms with Crippen molar-refractivity contribution in [3.05, 3.63) is 54.2 Å². The van der Waals surface area contributed by atoms with Crippen LogP contribution in [0.3, 0.4) is 0 Å². The SMILES string of the molecule is CC(Nc1cccc2cn[nH]c12)c1ccc(N(C)C)cc1. The molecule has 4 heteroatoms. The summed E-state index contributed by atoms with van der Waals surface area (Å²) in [6, 6.07) is 15.0. The Morgan fingerprint density at radius 1 is 1.10 bits per heavy atom. The summed E-state index contributed by atoms with van der Waals surface area (Å²) in [5.41, 5.74) is 4.60. The zero-order chi connectivity index (χ0) is 14.8. The van der Waals surface area contributed by atoms with Crippen LogP contribution in [-0.2, 0) is 0 Å². The average Bonchev–Trinajstić information content (AvgIpc) is 2.97. The van der Waals surface area contributed by atoms with Gasteiger partial charge in [-0.05, 0) is 30.7 Å². The number of nitrogens with one attached hydrogen (secondary N) is 2. The highest BCUT2D eigenvalue weighted by Crippen LogP contribution is 2.26. The molecule has 0 aliphatic rings. The van der Waals surface area contributed by atoms with E-state index >= 15 is 0 Å². The Hall–Kier alpha value is -2.49. The molecule has 2 aromatic carbocycles.